The van der Waals surface area contributed by atoms with E-state index in [2.05, 4.69) is 41.5 Å². The van der Waals surface area contributed by atoms with Gasteiger partial charge in [0.15, 0.2) is 0 Å². The van der Waals surface area contributed by atoms with Crippen LogP contribution in [0.25, 0.3) is 0 Å². The molecule has 0 radical (unpaired) electrons. The molecule has 0 aliphatic rings. The number of rotatable bonds is 21. The molecule has 32 heavy (non-hydrogen) atoms. The van der Waals surface area contributed by atoms with E-state index in [1.165, 1.54) is 51.4 Å². The number of esters is 2. The van der Waals surface area contributed by atoms with Gasteiger partial charge < -0.3 is 9.47 Å². The molecular formula is C28H54O4. The van der Waals surface area contributed by atoms with E-state index in [1.54, 1.807) is 0 Å². The Morgan fingerprint density at radius 1 is 0.625 bits per heavy atom. The molecule has 190 valence electrons. The summed E-state index contributed by atoms with van der Waals surface area (Å²) in [6.07, 6.45) is 16.0. The first-order valence-corrected chi connectivity index (χ1v) is 13.6. The van der Waals surface area contributed by atoms with Crippen molar-refractivity contribution in [2.75, 3.05) is 13.2 Å². The molecule has 0 aromatic carbocycles. The minimum absolute atomic E-state index is 0.0144. The van der Waals surface area contributed by atoms with Crippen LogP contribution in [0.2, 0.25) is 0 Å². The number of ether oxygens (including phenoxy) is 2. The van der Waals surface area contributed by atoms with Gasteiger partial charge in [0.25, 0.3) is 0 Å². The van der Waals surface area contributed by atoms with Gasteiger partial charge in [0.1, 0.15) is 0 Å². The van der Waals surface area contributed by atoms with Gasteiger partial charge >= 0.3 is 11.9 Å². The second-order valence-corrected chi connectivity index (χ2v) is 10.4. The van der Waals surface area contributed by atoms with Crippen LogP contribution in [0.1, 0.15) is 131 Å². The molecule has 0 fully saturated rings. The van der Waals surface area contributed by atoms with Crippen molar-refractivity contribution in [3.8, 4) is 0 Å². The Morgan fingerprint density at radius 2 is 1.09 bits per heavy atom. The van der Waals surface area contributed by atoms with Gasteiger partial charge in [-0.3, -0.25) is 9.59 Å². The lowest BCUT2D eigenvalue weighted by Gasteiger charge is -2.24. The summed E-state index contributed by atoms with van der Waals surface area (Å²) in [5, 5.41) is 0. The molecule has 4 nitrogen and oxygen atoms in total. The zero-order valence-electron chi connectivity index (χ0n) is 22.3. The quantitative estimate of drug-likeness (QED) is 0.130. The Kier molecular flexibility index (Phi) is 19.9. The first-order chi connectivity index (χ1) is 15.3. The van der Waals surface area contributed by atoms with Crippen LogP contribution in [0.15, 0.2) is 0 Å². The van der Waals surface area contributed by atoms with Gasteiger partial charge in [-0.15, -0.1) is 0 Å². The van der Waals surface area contributed by atoms with Gasteiger partial charge in [-0.1, -0.05) is 106 Å². The number of unbranched alkanes of at least 4 members (excludes halogenated alkanes) is 9. The van der Waals surface area contributed by atoms with Crippen molar-refractivity contribution < 1.29 is 19.1 Å². The van der Waals surface area contributed by atoms with E-state index in [9.17, 15) is 9.59 Å². The lowest BCUT2D eigenvalue weighted by molar-refractivity contribution is -0.152. The second kappa shape index (κ2) is 20.5. The second-order valence-electron chi connectivity index (χ2n) is 10.4. The monoisotopic (exact) mass is 454 g/mol. The molecule has 2 unspecified atom stereocenters. The van der Waals surface area contributed by atoms with E-state index in [0.29, 0.717) is 37.4 Å². The molecule has 0 bridgehead atoms. The smallest absolute Gasteiger partial charge is 0.309 e. The average molecular weight is 455 g/mol. The molecule has 0 amide bonds. The van der Waals surface area contributed by atoms with Gasteiger partial charge in [0, 0.05) is 6.42 Å². The molecule has 0 aromatic heterocycles. The molecule has 2 atom stereocenters. The zero-order chi connectivity index (χ0) is 24.2. The number of hydrogen-bond donors (Lipinski definition) is 0. The summed E-state index contributed by atoms with van der Waals surface area (Å²) in [6, 6.07) is 0. The third kappa shape index (κ3) is 17.5. The van der Waals surface area contributed by atoms with Crippen molar-refractivity contribution in [3.63, 3.8) is 0 Å². The summed E-state index contributed by atoms with van der Waals surface area (Å²) in [7, 11) is 0. The van der Waals surface area contributed by atoms with E-state index in [1.807, 2.05) is 0 Å². The van der Waals surface area contributed by atoms with Crippen LogP contribution in [0.4, 0.5) is 0 Å². The standard InChI is InChI=1S/C28H54O4/c1-7-25(26(8-2)28(30)32-22-24(5)6)19-17-15-13-11-9-10-12-14-16-18-20-27(29)31-21-23(3)4/h23-26H,7-22H2,1-6H3. The molecule has 0 aromatic rings. The highest BCUT2D eigenvalue weighted by Gasteiger charge is 2.26. The Balaban J connectivity index is 3.68. The highest BCUT2D eigenvalue weighted by molar-refractivity contribution is 5.72. The minimum atomic E-state index is -0.0401. The molecule has 0 saturated heterocycles. The van der Waals surface area contributed by atoms with E-state index in [0.717, 1.165) is 32.1 Å². The van der Waals surface area contributed by atoms with E-state index < -0.39 is 0 Å². The van der Waals surface area contributed by atoms with E-state index in [4.69, 9.17) is 9.47 Å². The fourth-order valence-corrected chi connectivity index (χ4v) is 4.16. The molecule has 0 saturated carbocycles. The molecule has 0 aliphatic carbocycles. The van der Waals surface area contributed by atoms with Crippen LogP contribution in [0.5, 0.6) is 0 Å². The summed E-state index contributed by atoms with van der Waals surface area (Å²) < 4.78 is 10.7. The maximum Gasteiger partial charge on any atom is 0.309 e. The SMILES string of the molecule is CCC(CCCCCCCCCCCCC(=O)OCC(C)C)C(CC)C(=O)OCC(C)C. The molecular weight excluding hydrogens is 400 g/mol. The minimum Gasteiger partial charge on any atom is -0.465 e. The fourth-order valence-electron chi connectivity index (χ4n) is 4.16. The van der Waals surface area contributed by atoms with E-state index >= 15 is 0 Å². The lowest BCUT2D eigenvalue weighted by atomic mass is 9.84. The molecule has 4 heteroatoms. The Bertz CT molecular complexity index is 458. The van der Waals surface area contributed by atoms with Gasteiger partial charge in [-0.2, -0.15) is 0 Å². The number of carbonyl (C=O) groups excluding carboxylic acids is 2. The fraction of sp³-hybridized carbons (Fsp3) is 0.929. The van der Waals surface area contributed by atoms with Gasteiger partial charge in [0.2, 0.25) is 0 Å². The highest BCUT2D eigenvalue weighted by atomic mass is 16.5. The van der Waals surface area contributed by atoms with Crippen molar-refractivity contribution in [3.05, 3.63) is 0 Å². The average Bonchev–Trinajstić information content (AvgIpc) is 2.75. The molecule has 0 aliphatic heterocycles. The first kappa shape index (κ1) is 30.9. The maximum atomic E-state index is 12.4. The van der Waals surface area contributed by atoms with Crippen molar-refractivity contribution in [1.82, 2.24) is 0 Å². The van der Waals surface area contributed by atoms with Crippen molar-refractivity contribution >= 4 is 11.9 Å². The number of carbonyl (C=O) groups is 2. The molecule has 0 N–H and O–H groups in total. The van der Waals surface area contributed by atoms with Crippen LogP contribution < -0.4 is 0 Å². The predicted molar refractivity (Wildman–Crippen MR) is 135 cm³/mol. The van der Waals surface area contributed by atoms with Crippen molar-refractivity contribution in [2.45, 2.75) is 131 Å². The van der Waals surface area contributed by atoms with Gasteiger partial charge in [-0.25, -0.2) is 0 Å². The third-order valence-corrected chi connectivity index (χ3v) is 6.18. The summed E-state index contributed by atoms with van der Waals surface area (Å²) in [5.74, 6) is 1.31. The largest absolute Gasteiger partial charge is 0.465 e. The summed E-state index contributed by atoms with van der Waals surface area (Å²) >= 11 is 0. The van der Waals surface area contributed by atoms with Crippen LogP contribution in [0.3, 0.4) is 0 Å². The highest BCUT2D eigenvalue weighted by Crippen LogP contribution is 2.27. The topological polar surface area (TPSA) is 52.6 Å². The summed E-state index contributed by atoms with van der Waals surface area (Å²) in [5.41, 5.74) is 0. The van der Waals surface area contributed by atoms with E-state index in [-0.39, 0.29) is 17.9 Å². The van der Waals surface area contributed by atoms with Crippen LogP contribution in [0, 0.1) is 23.7 Å². The van der Waals surface area contributed by atoms with Crippen molar-refractivity contribution in [2.24, 2.45) is 23.7 Å². The summed E-state index contributed by atoms with van der Waals surface area (Å²) in [4.78, 5) is 24.0. The van der Waals surface area contributed by atoms with Crippen LogP contribution in [-0.2, 0) is 19.1 Å². The Labute approximate surface area is 199 Å². The summed E-state index contributed by atoms with van der Waals surface area (Å²) in [6.45, 7) is 13.7. The van der Waals surface area contributed by atoms with Crippen LogP contribution >= 0.6 is 0 Å². The first-order valence-electron chi connectivity index (χ1n) is 13.6. The molecule has 0 rings (SSSR count). The zero-order valence-corrected chi connectivity index (χ0v) is 22.3. The van der Waals surface area contributed by atoms with Gasteiger partial charge in [0.05, 0.1) is 19.1 Å². The Morgan fingerprint density at radius 3 is 1.56 bits per heavy atom. The lowest BCUT2D eigenvalue weighted by Crippen LogP contribution is -2.26. The van der Waals surface area contributed by atoms with Gasteiger partial charge in [-0.05, 0) is 37.0 Å². The molecule has 0 spiro atoms. The third-order valence-electron chi connectivity index (χ3n) is 6.18. The Hall–Kier alpha value is -1.06. The number of hydrogen-bond acceptors (Lipinski definition) is 4. The van der Waals surface area contributed by atoms with Crippen LogP contribution in [-0.4, -0.2) is 25.2 Å². The maximum absolute atomic E-state index is 12.4. The normalized spacial score (nSPS) is 13.4. The van der Waals surface area contributed by atoms with Crippen molar-refractivity contribution in [1.29, 1.82) is 0 Å². The molecule has 0 heterocycles. The predicted octanol–water partition coefficient (Wildman–Crippen LogP) is 8.12.